The van der Waals surface area contributed by atoms with Gasteiger partial charge in [-0.05, 0) is 13.0 Å². The van der Waals surface area contributed by atoms with E-state index < -0.39 is 15.1 Å². The smallest absolute Gasteiger partial charge is 0.325 e. The molecule has 0 spiro atoms. The molecule has 56 valence electrons. The van der Waals surface area contributed by atoms with Gasteiger partial charge in [-0.15, -0.1) is 0 Å². The number of rotatable bonds is 2. The Bertz CT molecular complexity index is 282. The number of nitrogens with zero attached hydrogens (tertiary/aromatic N) is 1. The lowest BCUT2D eigenvalue weighted by atomic mass is 10.7. The van der Waals surface area contributed by atoms with Crippen molar-refractivity contribution in [3.05, 3.63) is 11.2 Å². The third-order valence-corrected chi connectivity index (χ3v) is 1.75. The van der Waals surface area contributed by atoms with Gasteiger partial charge in [0.1, 0.15) is 0 Å². The van der Waals surface area contributed by atoms with E-state index in [9.17, 15) is 13.2 Å². The first-order valence-corrected chi connectivity index (χ1v) is 3.68. The molecule has 0 fully saturated rings. The third kappa shape index (κ3) is 2.00. The van der Waals surface area contributed by atoms with E-state index in [-0.39, 0.29) is 0 Å². The molecule has 0 amide bonds. The van der Waals surface area contributed by atoms with E-state index in [1.54, 1.807) is 0 Å². The van der Waals surface area contributed by atoms with Gasteiger partial charge < -0.3 is 5.11 Å². The van der Waals surface area contributed by atoms with Crippen LogP contribution in [0.15, 0.2) is 15.6 Å². The van der Waals surface area contributed by atoms with E-state index in [1.165, 1.54) is 6.92 Å². The van der Waals surface area contributed by atoms with Crippen molar-refractivity contribution in [3.63, 3.8) is 0 Å². The van der Waals surface area contributed by atoms with Gasteiger partial charge in [0, 0.05) is 0 Å². The Morgan fingerprint density at radius 1 is 1.70 bits per heavy atom. The molecule has 0 unspecified atom stereocenters. The zero-order valence-electron chi connectivity index (χ0n) is 5.10. The van der Waals surface area contributed by atoms with Crippen molar-refractivity contribution in [1.82, 2.24) is 0 Å². The standard InChI is InChI=1S/C4H5NO4S/c1-2-4(7)10(8,9)5-3-6/h2,7H,1H3. The Morgan fingerprint density at radius 2 is 2.20 bits per heavy atom. The average molecular weight is 163 g/mol. The van der Waals surface area contributed by atoms with Crippen LogP contribution in [0.4, 0.5) is 0 Å². The highest BCUT2D eigenvalue weighted by Gasteiger charge is 2.12. The highest BCUT2D eigenvalue weighted by molar-refractivity contribution is 7.93. The van der Waals surface area contributed by atoms with Gasteiger partial charge in [-0.3, -0.25) is 0 Å². The number of sulfonamides is 1. The van der Waals surface area contributed by atoms with Crippen molar-refractivity contribution in [2.75, 3.05) is 0 Å². The van der Waals surface area contributed by atoms with E-state index in [1.807, 2.05) is 0 Å². The molecule has 6 heteroatoms. The molecule has 0 rings (SSSR count). The predicted octanol–water partition coefficient (Wildman–Crippen LogP) is 0.0713. The second kappa shape index (κ2) is 3.14. The summed E-state index contributed by atoms with van der Waals surface area (Å²) in [4.78, 5) is 9.43. The topological polar surface area (TPSA) is 83.8 Å². The molecule has 1 N–H and O–H groups in total. The van der Waals surface area contributed by atoms with Crippen molar-refractivity contribution in [2.24, 2.45) is 4.40 Å². The molecule has 0 aromatic heterocycles. The van der Waals surface area contributed by atoms with E-state index >= 15 is 0 Å². The van der Waals surface area contributed by atoms with Crippen LogP contribution in [0.25, 0.3) is 0 Å². The maximum Gasteiger partial charge on any atom is 0.325 e. The highest BCUT2D eigenvalue weighted by Crippen LogP contribution is 2.02. The first-order chi connectivity index (χ1) is 4.54. The molecular formula is C4H5NO4S. The Kier molecular flexibility index (Phi) is 2.79. The molecule has 0 radical (unpaired) electrons. The normalized spacial score (nSPS) is 12.3. The Balaban J connectivity index is 4.96. The zero-order valence-corrected chi connectivity index (χ0v) is 5.92. The molecule has 0 aromatic rings. The molecule has 10 heavy (non-hydrogen) atoms. The number of hydrogen-bond acceptors (Lipinski definition) is 4. The second-order valence-electron chi connectivity index (χ2n) is 1.28. The van der Waals surface area contributed by atoms with Gasteiger partial charge >= 0.3 is 10.0 Å². The SMILES string of the molecule is CC=C(O)S(=O)(=O)N=C=O. The summed E-state index contributed by atoms with van der Waals surface area (Å²) in [5.41, 5.74) is 0. The lowest BCUT2D eigenvalue weighted by molar-refractivity contribution is 0.438. The first-order valence-electron chi connectivity index (χ1n) is 2.24. The van der Waals surface area contributed by atoms with Crippen LogP contribution in [-0.4, -0.2) is 19.6 Å². The third-order valence-electron chi connectivity index (χ3n) is 0.669. The van der Waals surface area contributed by atoms with Crippen LogP contribution < -0.4 is 0 Å². The fourth-order valence-corrected chi connectivity index (χ4v) is 0.734. The van der Waals surface area contributed by atoms with Crippen molar-refractivity contribution in [2.45, 2.75) is 6.92 Å². The minimum Gasteiger partial charge on any atom is -0.498 e. The van der Waals surface area contributed by atoms with Gasteiger partial charge in [-0.1, -0.05) is 4.40 Å². The van der Waals surface area contributed by atoms with Crippen LogP contribution in [-0.2, 0) is 14.8 Å². The molecule has 0 aliphatic rings. The predicted molar refractivity (Wildman–Crippen MR) is 33.4 cm³/mol. The fourth-order valence-electron chi connectivity index (χ4n) is 0.245. The van der Waals surface area contributed by atoms with Crippen molar-refractivity contribution >= 4 is 16.1 Å². The van der Waals surface area contributed by atoms with E-state index in [2.05, 4.69) is 4.40 Å². The summed E-state index contributed by atoms with van der Waals surface area (Å²) in [5, 5.41) is 7.57. The number of aliphatic hydroxyl groups is 1. The molecule has 0 saturated carbocycles. The largest absolute Gasteiger partial charge is 0.498 e. The van der Waals surface area contributed by atoms with Gasteiger partial charge in [0.15, 0.2) is 0 Å². The number of aliphatic hydroxyl groups excluding tert-OH is 1. The lowest BCUT2D eigenvalue weighted by Crippen LogP contribution is -1.97. The van der Waals surface area contributed by atoms with E-state index in [0.717, 1.165) is 12.2 Å². The monoisotopic (exact) mass is 163 g/mol. The van der Waals surface area contributed by atoms with E-state index in [4.69, 9.17) is 5.11 Å². The quantitative estimate of drug-likeness (QED) is 0.354. The number of isocyanates is 1. The molecule has 5 nitrogen and oxygen atoms in total. The minimum absolute atomic E-state index is 0.809. The van der Waals surface area contributed by atoms with Gasteiger partial charge in [-0.25, -0.2) is 4.79 Å². The van der Waals surface area contributed by atoms with Gasteiger partial charge in [0.05, 0.1) is 0 Å². The molecule has 0 aliphatic heterocycles. The molecule has 0 aromatic carbocycles. The summed E-state index contributed by atoms with van der Waals surface area (Å²) in [7, 11) is -4.14. The summed E-state index contributed by atoms with van der Waals surface area (Å²) in [6.07, 6.45) is 1.72. The van der Waals surface area contributed by atoms with Gasteiger partial charge in [0.2, 0.25) is 5.09 Å². The van der Waals surface area contributed by atoms with Crippen LogP contribution in [0.5, 0.6) is 0 Å². The van der Waals surface area contributed by atoms with E-state index in [0.29, 0.717) is 0 Å². The van der Waals surface area contributed by atoms with Crippen LogP contribution >= 0.6 is 0 Å². The number of carbonyl (C=O) groups excluding carboxylic acids is 1. The van der Waals surface area contributed by atoms with Crippen molar-refractivity contribution in [1.29, 1.82) is 0 Å². The Labute approximate surface area is 57.8 Å². The molecular weight excluding hydrogens is 158 g/mol. The molecule has 0 bridgehead atoms. The average Bonchev–Trinajstić information content (AvgIpc) is 1.86. The molecule has 0 aliphatic carbocycles. The Morgan fingerprint density at radius 3 is 2.50 bits per heavy atom. The van der Waals surface area contributed by atoms with Gasteiger partial charge in [-0.2, -0.15) is 8.42 Å². The van der Waals surface area contributed by atoms with Crippen LogP contribution in [0, 0.1) is 0 Å². The second-order valence-corrected chi connectivity index (χ2v) is 2.84. The maximum absolute atomic E-state index is 10.4. The summed E-state index contributed by atoms with van der Waals surface area (Å²) in [5.74, 6) is 0. The van der Waals surface area contributed by atoms with Crippen LogP contribution in [0.2, 0.25) is 0 Å². The summed E-state index contributed by atoms with van der Waals surface area (Å²) in [6, 6.07) is 0. The lowest BCUT2D eigenvalue weighted by Gasteiger charge is -1.89. The summed E-state index contributed by atoms with van der Waals surface area (Å²) < 4.78 is 23.2. The Hall–Kier alpha value is -1.13. The number of hydrogen-bond donors (Lipinski definition) is 1. The van der Waals surface area contributed by atoms with Crippen molar-refractivity contribution in [3.8, 4) is 0 Å². The fraction of sp³-hybridized carbons (Fsp3) is 0.250. The zero-order chi connectivity index (χ0) is 8.20. The minimum atomic E-state index is -4.14. The van der Waals surface area contributed by atoms with Crippen molar-refractivity contribution < 1.29 is 18.3 Å². The van der Waals surface area contributed by atoms with Crippen LogP contribution in [0.3, 0.4) is 0 Å². The van der Waals surface area contributed by atoms with Gasteiger partial charge in [0.25, 0.3) is 6.08 Å². The highest BCUT2D eigenvalue weighted by atomic mass is 32.2. The maximum atomic E-state index is 10.4. The first kappa shape index (κ1) is 8.87. The molecule has 0 atom stereocenters. The number of allylic oxidation sites excluding steroid dienone is 1. The molecule has 0 heterocycles. The summed E-state index contributed by atoms with van der Waals surface area (Å²) >= 11 is 0. The molecule has 0 saturated heterocycles. The van der Waals surface area contributed by atoms with Crippen LogP contribution in [0.1, 0.15) is 6.92 Å². The summed E-state index contributed by atoms with van der Waals surface area (Å²) in [6.45, 7) is 1.30.